The number of hydrogen-bond acceptors (Lipinski definition) is 4. The maximum atomic E-state index is 4.72. The van der Waals surface area contributed by atoms with E-state index in [0.717, 1.165) is 36.0 Å². The maximum Gasteiger partial charge on any atom is 0.142 e. The van der Waals surface area contributed by atoms with Gasteiger partial charge in [-0.3, -0.25) is 0 Å². The van der Waals surface area contributed by atoms with Gasteiger partial charge < -0.3 is 10.2 Å². The summed E-state index contributed by atoms with van der Waals surface area (Å²) in [5.74, 6) is 2.77. The van der Waals surface area contributed by atoms with Crippen LogP contribution in [0.1, 0.15) is 30.8 Å². The second kappa shape index (κ2) is 5.35. The molecular formula is C17H22N4. The molecule has 1 aliphatic rings. The van der Waals surface area contributed by atoms with Crippen molar-refractivity contribution in [3.63, 3.8) is 0 Å². The van der Waals surface area contributed by atoms with E-state index in [1.807, 2.05) is 6.92 Å². The zero-order valence-corrected chi connectivity index (χ0v) is 13.1. The van der Waals surface area contributed by atoms with Gasteiger partial charge in [0, 0.05) is 23.8 Å². The normalized spacial score (nSPS) is 17.0. The van der Waals surface area contributed by atoms with E-state index in [9.17, 15) is 0 Å². The SMILES string of the molecule is CCNc1nc(C)nc(N2c3ccccc3CC2C)c1C. The molecule has 110 valence electrons. The summed E-state index contributed by atoms with van der Waals surface area (Å²) in [6, 6.07) is 9.02. The molecule has 0 spiro atoms. The highest BCUT2D eigenvalue weighted by Crippen LogP contribution is 2.39. The quantitative estimate of drug-likeness (QED) is 0.933. The summed E-state index contributed by atoms with van der Waals surface area (Å²) in [5, 5.41) is 3.34. The molecule has 21 heavy (non-hydrogen) atoms. The first-order chi connectivity index (χ1) is 10.1. The van der Waals surface area contributed by atoms with Gasteiger partial charge in [0.05, 0.1) is 0 Å². The zero-order valence-electron chi connectivity index (χ0n) is 13.1. The third-order valence-electron chi connectivity index (χ3n) is 4.01. The topological polar surface area (TPSA) is 41.1 Å². The molecule has 4 nitrogen and oxygen atoms in total. The molecule has 0 saturated carbocycles. The number of nitrogens with one attached hydrogen (secondary N) is 1. The fourth-order valence-electron chi connectivity index (χ4n) is 3.08. The second-order valence-corrected chi connectivity index (χ2v) is 5.65. The lowest BCUT2D eigenvalue weighted by Gasteiger charge is -2.26. The van der Waals surface area contributed by atoms with Gasteiger partial charge in [-0.1, -0.05) is 18.2 Å². The molecule has 0 bridgehead atoms. The van der Waals surface area contributed by atoms with Crippen LogP contribution in [-0.4, -0.2) is 22.6 Å². The highest BCUT2D eigenvalue weighted by Gasteiger charge is 2.29. The fourth-order valence-corrected chi connectivity index (χ4v) is 3.08. The summed E-state index contributed by atoms with van der Waals surface area (Å²) in [7, 11) is 0. The van der Waals surface area contributed by atoms with Crippen LogP contribution in [0.3, 0.4) is 0 Å². The average molecular weight is 282 g/mol. The molecule has 2 heterocycles. The summed E-state index contributed by atoms with van der Waals surface area (Å²) >= 11 is 0. The molecule has 3 rings (SSSR count). The van der Waals surface area contributed by atoms with E-state index in [2.05, 4.69) is 60.2 Å². The number of fused-ring (bicyclic) bond motifs is 1. The summed E-state index contributed by atoms with van der Waals surface area (Å²) < 4.78 is 0. The molecule has 0 saturated heterocycles. The van der Waals surface area contributed by atoms with Crippen LogP contribution in [-0.2, 0) is 6.42 Å². The minimum atomic E-state index is 0.421. The molecule has 1 N–H and O–H groups in total. The Kier molecular flexibility index (Phi) is 3.53. The van der Waals surface area contributed by atoms with Gasteiger partial charge in [0.15, 0.2) is 0 Å². The first-order valence-electron chi connectivity index (χ1n) is 7.58. The van der Waals surface area contributed by atoms with Gasteiger partial charge in [-0.15, -0.1) is 0 Å². The number of anilines is 3. The van der Waals surface area contributed by atoms with Crippen molar-refractivity contribution in [2.45, 2.75) is 40.2 Å². The van der Waals surface area contributed by atoms with Crippen molar-refractivity contribution in [3.05, 3.63) is 41.2 Å². The van der Waals surface area contributed by atoms with Crippen molar-refractivity contribution >= 4 is 17.3 Å². The van der Waals surface area contributed by atoms with Crippen molar-refractivity contribution in [2.75, 3.05) is 16.8 Å². The maximum absolute atomic E-state index is 4.72. The molecular weight excluding hydrogens is 260 g/mol. The summed E-state index contributed by atoms with van der Waals surface area (Å²) in [5.41, 5.74) is 3.78. The summed E-state index contributed by atoms with van der Waals surface area (Å²) in [6.07, 6.45) is 1.06. The lowest BCUT2D eigenvalue weighted by molar-refractivity contribution is 0.744. The number of nitrogens with zero attached hydrogens (tertiary/aromatic N) is 3. The third kappa shape index (κ3) is 2.35. The van der Waals surface area contributed by atoms with E-state index in [-0.39, 0.29) is 0 Å². The first-order valence-corrected chi connectivity index (χ1v) is 7.58. The Hall–Kier alpha value is -2.10. The zero-order chi connectivity index (χ0) is 15.0. The van der Waals surface area contributed by atoms with Gasteiger partial charge >= 0.3 is 0 Å². The van der Waals surface area contributed by atoms with Gasteiger partial charge in [-0.25, -0.2) is 9.97 Å². The predicted octanol–water partition coefficient (Wildman–Crippen LogP) is 3.61. The molecule has 1 aliphatic heterocycles. The summed E-state index contributed by atoms with van der Waals surface area (Å²) in [6.45, 7) is 9.26. The Morgan fingerprint density at radius 1 is 1.24 bits per heavy atom. The minimum absolute atomic E-state index is 0.421. The van der Waals surface area contributed by atoms with E-state index < -0.39 is 0 Å². The predicted molar refractivity (Wildman–Crippen MR) is 87.4 cm³/mol. The van der Waals surface area contributed by atoms with Gasteiger partial charge in [-0.2, -0.15) is 0 Å². The van der Waals surface area contributed by atoms with E-state index in [4.69, 9.17) is 4.98 Å². The monoisotopic (exact) mass is 282 g/mol. The van der Waals surface area contributed by atoms with Gasteiger partial charge in [0.2, 0.25) is 0 Å². The van der Waals surface area contributed by atoms with E-state index in [0.29, 0.717) is 6.04 Å². The Balaban J connectivity index is 2.12. The number of para-hydroxylation sites is 1. The fraction of sp³-hybridized carbons (Fsp3) is 0.412. The van der Waals surface area contributed by atoms with Crippen LogP contribution in [0.25, 0.3) is 0 Å². The molecule has 0 amide bonds. The van der Waals surface area contributed by atoms with Crippen LogP contribution < -0.4 is 10.2 Å². The smallest absolute Gasteiger partial charge is 0.142 e. The molecule has 4 heteroatoms. The van der Waals surface area contributed by atoms with Crippen LogP contribution in [0, 0.1) is 13.8 Å². The first kappa shape index (κ1) is 13.9. The Morgan fingerprint density at radius 3 is 2.76 bits per heavy atom. The second-order valence-electron chi connectivity index (χ2n) is 5.65. The van der Waals surface area contributed by atoms with Crippen molar-refractivity contribution in [2.24, 2.45) is 0 Å². The number of rotatable bonds is 3. The number of aryl methyl sites for hydroxylation is 1. The molecule has 0 fully saturated rings. The highest BCUT2D eigenvalue weighted by molar-refractivity contribution is 5.73. The van der Waals surface area contributed by atoms with E-state index >= 15 is 0 Å². The lowest BCUT2D eigenvalue weighted by Crippen LogP contribution is -2.26. The van der Waals surface area contributed by atoms with Crippen LogP contribution in [0.5, 0.6) is 0 Å². The third-order valence-corrected chi connectivity index (χ3v) is 4.01. The molecule has 0 radical (unpaired) electrons. The van der Waals surface area contributed by atoms with Crippen molar-refractivity contribution in [1.82, 2.24) is 9.97 Å². The van der Waals surface area contributed by atoms with E-state index in [1.165, 1.54) is 11.3 Å². The number of benzene rings is 1. The van der Waals surface area contributed by atoms with Gasteiger partial charge in [-0.05, 0) is 45.7 Å². The molecule has 2 aromatic rings. The standard InChI is InChI=1S/C17H22N4/c1-5-18-16-12(3)17(20-13(4)19-16)21-11(2)10-14-8-6-7-9-15(14)21/h6-9,11H,5,10H2,1-4H3,(H,18,19,20). The molecule has 1 unspecified atom stereocenters. The highest BCUT2D eigenvalue weighted by atomic mass is 15.2. The van der Waals surface area contributed by atoms with Crippen LogP contribution in [0.4, 0.5) is 17.3 Å². The molecule has 1 atom stereocenters. The van der Waals surface area contributed by atoms with Crippen molar-refractivity contribution in [3.8, 4) is 0 Å². The average Bonchev–Trinajstić information content (AvgIpc) is 2.78. The van der Waals surface area contributed by atoms with Gasteiger partial charge in [0.25, 0.3) is 0 Å². The summed E-state index contributed by atoms with van der Waals surface area (Å²) in [4.78, 5) is 11.6. The van der Waals surface area contributed by atoms with Crippen molar-refractivity contribution < 1.29 is 0 Å². The van der Waals surface area contributed by atoms with Crippen LogP contribution in [0.15, 0.2) is 24.3 Å². The molecule has 1 aromatic carbocycles. The Bertz CT molecular complexity index is 666. The number of hydrogen-bond donors (Lipinski definition) is 1. The number of aromatic nitrogens is 2. The Labute approximate surface area is 126 Å². The molecule has 0 aliphatic carbocycles. The van der Waals surface area contributed by atoms with E-state index in [1.54, 1.807) is 0 Å². The van der Waals surface area contributed by atoms with Crippen molar-refractivity contribution in [1.29, 1.82) is 0 Å². The van der Waals surface area contributed by atoms with Gasteiger partial charge in [0.1, 0.15) is 17.5 Å². The minimum Gasteiger partial charge on any atom is -0.370 e. The van der Waals surface area contributed by atoms with Crippen LogP contribution >= 0.6 is 0 Å². The lowest BCUT2D eigenvalue weighted by atomic mass is 10.1. The van der Waals surface area contributed by atoms with Crippen LogP contribution in [0.2, 0.25) is 0 Å². The molecule has 1 aromatic heterocycles. The largest absolute Gasteiger partial charge is 0.370 e. The Morgan fingerprint density at radius 2 is 2.00 bits per heavy atom.